The van der Waals surface area contributed by atoms with E-state index in [0.717, 1.165) is 5.56 Å². The summed E-state index contributed by atoms with van der Waals surface area (Å²) >= 11 is 0. The normalized spacial score (nSPS) is 12.0. The number of allylic oxidation sites excluding steroid dienone is 1. The van der Waals surface area contributed by atoms with Gasteiger partial charge in [0.05, 0.1) is 12.1 Å². The van der Waals surface area contributed by atoms with Crippen LogP contribution in [0.5, 0.6) is 0 Å². The Balaban J connectivity index is 2.97. The van der Waals surface area contributed by atoms with Crippen molar-refractivity contribution in [2.24, 2.45) is 0 Å². The molecule has 0 aliphatic heterocycles. The van der Waals surface area contributed by atoms with Crippen LogP contribution in [-0.2, 0) is 4.43 Å². The number of nitrogens with zero attached hydrogens (tertiary/aromatic N) is 1. The van der Waals surface area contributed by atoms with Gasteiger partial charge in [0, 0.05) is 5.56 Å². The zero-order valence-electron chi connectivity index (χ0n) is 9.32. The summed E-state index contributed by atoms with van der Waals surface area (Å²) in [5, 5.41) is 8.70. The molecule has 0 aliphatic rings. The van der Waals surface area contributed by atoms with Gasteiger partial charge in [-0.2, -0.15) is 5.26 Å². The molecule has 0 radical (unpaired) electrons. The van der Waals surface area contributed by atoms with Crippen LogP contribution < -0.4 is 0 Å². The lowest BCUT2D eigenvalue weighted by Crippen LogP contribution is -2.24. The van der Waals surface area contributed by atoms with Crippen molar-refractivity contribution in [1.29, 1.82) is 5.26 Å². The molecule has 1 aromatic carbocycles. The van der Waals surface area contributed by atoms with Crippen molar-refractivity contribution in [2.75, 3.05) is 0 Å². The van der Waals surface area contributed by atoms with E-state index in [4.69, 9.17) is 9.69 Å². The summed E-state index contributed by atoms with van der Waals surface area (Å²) in [5.41, 5.74) is 0.960. The predicted octanol–water partition coefficient (Wildman–Crippen LogP) is 3.40. The highest BCUT2D eigenvalue weighted by molar-refractivity contribution is 6.70. The first-order valence-corrected chi connectivity index (χ1v) is 8.28. The number of rotatable bonds is 3. The van der Waals surface area contributed by atoms with Crippen molar-refractivity contribution in [3.63, 3.8) is 0 Å². The molecule has 0 unspecified atom stereocenters. The van der Waals surface area contributed by atoms with Gasteiger partial charge in [-0.3, -0.25) is 0 Å². The molecule has 0 saturated heterocycles. The second-order valence-electron chi connectivity index (χ2n) is 4.22. The van der Waals surface area contributed by atoms with Crippen LogP contribution in [0, 0.1) is 11.3 Å². The fourth-order valence-electron chi connectivity index (χ4n) is 1.16. The van der Waals surface area contributed by atoms with Gasteiger partial charge < -0.3 is 4.43 Å². The Labute approximate surface area is 91.9 Å². The van der Waals surface area contributed by atoms with Gasteiger partial charge in [-0.05, 0) is 19.6 Å². The second kappa shape index (κ2) is 4.81. The van der Waals surface area contributed by atoms with Crippen LogP contribution in [0.25, 0.3) is 5.76 Å². The summed E-state index contributed by atoms with van der Waals surface area (Å²) in [7, 11) is -1.66. The lowest BCUT2D eigenvalue weighted by atomic mass is 10.2. The predicted molar refractivity (Wildman–Crippen MR) is 64.5 cm³/mol. The summed E-state index contributed by atoms with van der Waals surface area (Å²) in [4.78, 5) is 0. The van der Waals surface area contributed by atoms with Crippen LogP contribution in [-0.4, -0.2) is 8.32 Å². The molecule has 0 N–H and O–H groups in total. The first-order chi connectivity index (χ1) is 7.03. The van der Waals surface area contributed by atoms with Crippen molar-refractivity contribution < 1.29 is 4.43 Å². The molecule has 3 heteroatoms. The smallest absolute Gasteiger partial charge is 0.242 e. The Morgan fingerprint density at radius 2 is 1.87 bits per heavy atom. The van der Waals surface area contributed by atoms with Gasteiger partial charge in [-0.15, -0.1) is 0 Å². The molecular weight excluding hydrogens is 202 g/mol. The van der Waals surface area contributed by atoms with E-state index in [2.05, 4.69) is 19.6 Å². The zero-order chi connectivity index (χ0) is 11.3. The van der Waals surface area contributed by atoms with Crippen molar-refractivity contribution in [3.05, 3.63) is 42.0 Å². The third-order valence-corrected chi connectivity index (χ3v) is 2.50. The lowest BCUT2D eigenvalue weighted by molar-refractivity contribution is 0.515. The third kappa shape index (κ3) is 4.01. The largest absolute Gasteiger partial charge is 0.543 e. The molecule has 0 bridgehead atoms. The molecule has 78 valence electrons. The Morgan fingerprint density at radius 1 is 1.27 bits per heavy atom. The molecule has 1 rings (SSSR count). The van der Waals surface area contributed by atoms with Crippen LogP contribution in [0.2, 0.25) is 19.6 Å². The molecule has 0 spiro atoms. The molecule has 1 aromatic rings. The highest BCUT2D eigenvalue weighted by atomic mass is 28.4. The average Bonchev–Trinajstić information content (AvgIpc) is 2.17. The second-order valence-corrected chi connectivity index (χ2v) is 8.65. The molecule has 2 nitrogen and oxygen atoms in total. The Kier molecular flexibility index (Phi) is 3.70. The van der Waals surface area contributed by atoms with Crippen LogP contribution in [0.15, 0.2) is 36.4 Å². The number of benzene rings is 1. The van der Waals surface area contributed by atoms with E-state index in [1.165, 1.54) is 6.08 Å². The van der Waals surface area contributed by atoms with Gasteiger partial charge in [0.15, 0.2) is 0 Å². The summed E-state index contributed by atoms with van der Waals surface area (Å²) in [6.45, 7) is 6.30. The summed E-state index contributed by atoms with van der Waals surface area (Å²) in [5.74, 6) is 0.678. The maximum atomic E-state index is 8.70. The zero-order valence-corrected chi connectivity index (χ0v) is 10.3. The maximum absolute atomic E-state index is 8.70. The topological polar surface area (TPSA) is 33.0 Å². The molecule has 0 atom stereocenters. The van der Waals surface area contributed by atoms with E-state index in [9.17, 15) is 0 Å². The molecular formula is C12H15NOSi. The quantitative estimate of drug-likeness (QED) is 0.441. The van der Waals surface area contributed by atoms with E-state index in [-0.39, 0.29) is 0 Å². The van der Waals surface area contributed by atoms with Gasteiger partial charge >= 0.3 is 0 Å². The lowest BCUT2D eigenvalue weighted by Gasteiger charge is -2.21. The number of nitriles is 1. The molecule has 0 aliphatic carbocycles. The van der Waals surface area contributed by atoms with Gasteiger partial charge in [-0.25, -0.2) is 0 Å². The van der Waals surface area contributed by atoms with Gasteiger partial charge in [-0.1, -0.05) is 30.3 Å². The minimum atomic E-state index is -1.66. The van der Waals surface area contributed by atoms with E-state index in [1.807, 2.05) is 36.4 Å². The Bertz CT molecular complexity index is 384. The van der Waals surface area contributed by atoms with E-state index >= 15 is 0 Å². The minimum Gasteiger partial charge on any atom is -0.543 e. The highest BCUT2D eigenvalue weighted by Crippen LogP contribution is 2.20. The molecule has 15 heavy (non-hydrogen) atoms. The van der Waals surface area contributed by atoms with Crippen molar-refractivity contribution >= 4 is 14.1 Å². The Morgan fingerprint density at radius 3 is 2.33 bits per heavy atom. The minimum absolute atomic E-state index is 0.678. The molecule has 0 fully saturated rings. The number of hydrogen-bond acceptors (Lipinski definition) is 2. The molecule has 0 amide bonds. The highest BCUT2D eigenvalue weighted by Gasteiger charge is 2.18. The SMILES string of the molecule is C[Si](C)(C)O/C(=C\C#N)c1ccccc1. The van der Waals surface area contributed by atoms with Crippen molar-refractivity contribution in [1.82, 2.24) is 0 Å². The van der Waals surface area contributed by atoms with Gasteiger partial charge in [0.1, 0.15) is 5.76 Å². The fourth-order valence-corrected chi connectivity index (χ4v) is 2.00. The first kappa shape index (κ1) is 11.5. The van der Waals surface area contributed by atoms with Gasteiger partial charge in [0.25, 0.3) is 0 Å². The van der Waals surface area contributed by atoms with Crippen LogP contribution in [0.1, 0.15) is 5.56 Å². The maximum Gasteiger partial charge on any atom is 0.242 e. The van der Waals surface area contributed by atoms with Gasteiger partial charge in [0.2, 0.25) is 8.32 Å². The van der Waals surface area contributed by atoms with Crippen molar-refractivity contribution in [3.8, 4) is 6.07 Å². The van der Waals surface area contributed by atoms with E-state index in [0.29, 0.717) is 5.76 Å². The standard InChI is InChI=1S/C12H15NOSi/c1-15(2,3)14-12(9-10-13)11-7-5-4-6-8-11/h4-9H,1-3H3/b12-9-. The molecule has 0 saturated carbocycles. The third-order valence-electron chi connectivity index (χ3n) is 1.67. The fraction of sp³-hybridized carbons (Fsp3) is 0.250. The molecule has 0 heterocycles. The summed E-state index contributed by atoms with van der Waals surface area (Å²) in [6.07, 6.45) is 1.47. The van der Waals surface area contributed by atoms with Crippen LogP contribution in [0.4, 0.5) is 0 Å². The van der Waals surface area contributed by atoms with Crippen LogP contribution >= 0.6 is 0 Å². The summed E-state index contributed by atoms with van der Waals surface area (Å²) < 4.78 is 5.84. The number of hydrogen-bond donors (Lipinski definition) is 0. The molecule has 0 aromatic heterocycles. The monoisotopic (exact) mass is 217 g/mol. The van der Waals surface area contributed by atoms with E-state index in [1.54, 1.807) is 0 Å². The average molecular weight is 217 g/mol. The van der Waals surface area contributed by atoms with E-state index < -0.39 is 8.32 Å². The first-order valence-electron chi connectivity index (χ1n) is 4.87. The summed E-state index contributed by atoms with van der Waals surface area (Å²) in [6, 6.07) is 11.7. The van der Waals surface area contributed by atoms with Crippen molar-refractivity contribution in [2.45, 2.75) is 19.6 Å². The Hall–Kier alpha value is -1.53. The van der Waals surface area contributed by atoms with Crippen LogP contribution in [0.3, 0.4) is 0 Å².